The van der Waals surface area contributed by atoms with Gasteiger partial charge in [0.25, 0.3) is 5.91 Å². The molecule has 1 aliphatic heterocycles. The number of nitrogens with zero attached hydrogens (tertiary/aromatic N) is 2. The summed E-state index contributed by atoms with van der Waals surface area (Å²) in [7, 11) is 1.66. The third-order valence-electron chi connectivity index (χ3n) is 4.23. The molecule has 1 fully saturated rings. The number of benzene rings is 2. The first kappa shape index (κ1) is 21.4. The number of hydrogen-bond donors (Lipinski definition) is 1. The molecule has 30 heavy (non-hydrogen) atoms. The Kier molecular flexibility index (Phi) is 6.79. The number of rotatable bonds is 7. The van der Waals surface area contributed by atoms with Gasteiger partial charge in [-0.05, 0) is 68.1 Å². The number of amides is 1. The van der Waals surface area contributed by atoms with Crippen molar-refractivity contribution in [3.05, 3.63) is 58.5 Å². The predicted octanol–water partition coefficient (Wildman–Crippen LogP) is 4.42. The van der Waals surface area contributed by atoms with Crippen LogP contribution in [0.1, 0.15) is 29.8 Å². The van der Waals surface area contributed by atoms with Gasteiger partial charge < -0.3 is 14.6 Å². The molecule has 0 bridgehead atoms. The van der Waals surface area contributed by atoms with E-state index in [1.807, 2.05) is 32.0 Å². The van der Waals surface area contributed by atoms with Gasteiger partial charge >= 0.3 is 5.97 Å². The van der Waals surface area contributed by atoms with E-state index in [0.29, 0.717) is 40.5 Å². The summed E-state index contributed by atoms with van der Waals surface area (Å²) in [5.41, 5.74) is 1.53. The van der Waals surface area contributed by atoms with Gasteiger partial charge in [0.15, 0.2) is 5.17 Å². The van der Waals surface area contributed by atoms with Crippen LogP contribution in [0.4, 0.5) is 5.69 Å². The maximum Gasteiger partial charge on any atom is 0.335 e. The Morgan fingerprint density at radius 1 is 1.13 bits per heavy atom. The fourth-order valence-corrected chi connectivity index (χ4v) is 3.73. The molecule has 1 heterocycles. The number of carboxylic acids is 1. The average molecular weight is 426 g/mol. The Labute approximate surface area is 179 Å². The van der Waals surface area contributed by atoms with Crippen LogP contribution >= 0.6 is 11.8 Å². The molecule has 1 N–H and O–H groups in total. The normalized spacial score (nSPS) is 16.4. The SMILES string of the molecule is CCOc1ccc(C=C2SC(=Nc3ccc(C(=O)O)cc3)N(C)C2=O)c(OCC)c1. The second kappa shape index (κ2) is 9.49. The van der Waals surface area contributed by atoms with Crippen LogP contribution in [-0.2, 0) is 4.79 Å². The van der Waals surface area contributed by atoms with Gasteiger partial charge in [-0.2, -0.15) is 0 Å². The number of carboxylic acid groups (broad SMARTS) is 1. The molecule has 2 aromatic rings. The Morgan fingerprint density at radius 3 is 2.47 bits per heavy atom. The molecule has 156 valence electrons. The highest BCUT2D eigenvalue weighted by molar-refractivity contribution is 8.18. The molecule has 0 unspecified atom stereocenters. The van der Waals surface area contributed by atoms with Gasteiger partial charge in [0.1, 0.15) is 11.5 Å². The van der Waals surface area contributed by atoms with Crippen LogP contribution < -0.4 is 9.47 Å². The van der Waals surface area contributed by atoms with E-state index < -0.39 is 5.97 Å². The van der Waals surface area contributed by atoms with Crippen molar-refractivity contribution in [1.82, 2.24) is 4.90 Å². The smallest absolute Gasteiger partial charge is 0.335 e. The summed E-state index contributed by atoms with van der Waals surface area (Å²) >= 11 is 1.25. The molecular weight excluding hydrogens is 404 g/mol. The van der Waals surface area contributed by atoms with Crippen molar-refractivity contribution in [2.75, 3.05) is 20.3 Å². The van der Waals surface area contributed by atoms with Crippen LogP contribution in [0, 0.1) is 0 Å². The van der Waals surface area contributed by atoms with E-state index >= 15 is 0 Å². The lowest BCUT2D eigenvalue weighted by atomic mass is 10.1. The lowest BCUT2D eigenvalue weighted by molar-refractivity contribution is -0.121. The van der Waals surface area contributed by atoms with Crippen LogP contribution in [0.15, 0.2) is 52.4 Å². The summed E-state index contributed by atoms with van der Waals surface area (Å²) < 4.78 is 11.2. The zero-order valence-electron chi connectivity index (χ0n) is 16.9. The highest BCUT2D eigenvalue weighted by Gasteiger charge is 2.30. The second-order valence-electron chi connectivity index (χ2n) is 6.29. The number of carbonyl (C=O) groups excluding carboxylic acids is 1. The molecule has 8 heteroatoms. The quantitative estimate of drug-likeness (QED) is 0.660. The van der Waals surface area contributed by atoms with Crippen LogP contribution in [-0.4, -0.2) is 47.3 Å². The average Bonchev–Trinajstić information content (AvgIpc) is 2.98. The van der Waals surface area contributed by atoms with Gasteiger partial charge in [0.05, 0.1) is 29.4 Å². The molecular formula is C22H22N2O5S. The molecule has 0 saturated carbocycles. The van der Waals surface area contributed by atoms with E-state index in [1.165, 1.54) is 28.8 Å². The van der Waals surface area contributed by atoms with Crippen molar-refractivity contribution < 1.29 is 24.2 Å². The van der Waals surface area contributed by atoms with Crippen molar-refractivity contribution in [2.24, 2.45) is 4.99 Å². The Morgan fingerprint density at radius 2 is 1.83 bits per heavy atom. The summed E-state index contributed by atoms with van der Waals surface area (Å²) in [5, 5.41) is 9.51. The topological polar surface area (TPSA) is 88.4 Å². The molecule has 0 radical (unpaired) electrons. The van der Waals surface area contributed by atoms with Crippen LogP contribution in [0.2, 0.25) is 0 Å². The first-order valence-electron chi connectivity index (χ1n) is 9.42. The number of thioether (sulfide) groups is 1. The lowest BCUT2D eigenvalue weighted by Gasteiger charge is -2.10. The van der Waals surface area contributed by atoms with Crippen LogP contribution in [0.25, 0.3) is 6.08 Å². The fourth-order valence-electron chi connectivity index (χ4n) is 2.75. The van der Waals surface area contributed by atoms with Gasteiger partial charge in [-0.25, -0.2) is 9.79 Å². The zero-order chi connectivity index (χ0) is 21.7. The zero-order valence-corrected chi connectivity index (χ0v) is 17.7. The molecule has 7 nitrogen and oxygen atoms in total. The number of aromatic carboxylic acids is 1. The lowest BCUT2D eigenvalue weighted by Crippen LogP contribution is -2.23. The monoisotopic (exact) mass is 426 g/mol. The Bertz CT molecular complexity index is 1010. The van der Waals surface area contributed by atoms with E-state index in [4.69, 9.17) is 14.6 Å². The first-order valence-corrected chi connectivity index (χ1v) is 10.2. The molecule has 3 rings (SSSR count). The minimum absolute atomic E-state index is 0.169. The van der Waals surface area contributed by atoms with Crippen molar-refractivity contribution in [3.8, 4) is 11.5 Å². The molecule has 0 aromatic heterocycles. The van der Waals surface area contributed by atoms with Crippen molar-refractivity contribution in [2.45, 2.75) is 13.8 Å². The summed E-state index contributed by atoms with van der Waals surface area (Å²) in [5.74, 6) is 0.180. The second-order valence-corrected chi connectivity index (χ2v) is 7.30. The van der Waals surface area contributed by atoms with Crippen LogP contribution in [0.5, 0.6) is 11.5 Å². The minimum atomic E-state index is -0.998. The van der Waals surface area contributed by atoms with Gasteiger partial charge in [0, 0.05) is 18.7 Å². The maximum absolute atomic E-state index is 12.7. The van der Waals surface area contributed by atoms with E-state index in [0.717, 1.165) is 5.56 Å². The summed E-state index contributed by atoms with van der Waals surface area (Å²) in [6.45, 7) is 4.86. The van der Waals surface area contributed by atoms with Crippen LogP contribution in [0.3, 0.4) is 0 Å². The summed E-state index contributed by atoms with van der Waals surface area (Å²) in [6, 6.07) is 11.7. The van der Waals surface area contributed by atoms with Crippen molar-refractivity contribution in [1.29, 1.82) is 0 Å². The summed E-state index contributed by atoms with van der Waals surface area (Å²) in [6.07, 6.45) is 1.78. The van der Waals surface area contributed by atoms with E-state index in [1.54, 1.807) is 25.3 Å². The van der Waals surface area contributed by atoms with Gasteiger partial charge in [0.2, 0.25) is 0 Å². The third kappa shape index (κ3) is 4.83. The molecule has 0 spiro atoms. The Hall–Kier alpha value is -3.26. The fraction of sp³-hybridized carbons (Fsp3) is 0.227. The van der Waals surface area contributed by atoms with Gasteiger partial charge in [-0.1, -0.05) is 0 Å². The standard InChI is InChI=1S/C22H22N2O5S/c1-4-28-17-11-8-15(18(13-17)29-5-2)12-19-20(25)24(3)22(30-19)23-16-9-6-14(7-10-16)21(26)27/h6-13H,4-5H2,1-3H3,(H,26,27). The largest absolute Gasteiger partial charge is 0.494 e. The third-order valence-corrected chi connectivity index (χ3v) is 5.29. The number of carbonyl (C=O) groups is 2. The number of ether oxygens (including phenoxy) is 2. The maximum atomic E-state index is 12.7. The van der Waals surface area contributed by atoms with Gasteiger partial charge in [-0.15, -0.1) is 0 Å². The Balaban J connectivity index is 1.88. The summed E-state index contributed by atoms with van der Waals surface area (Å²) in [4.78, 5) is 30.2. The van der Waals surface area contributed by atoms with E-state index in [9.17, 15) is 9.59 Å². The molecule has 0 atom stereocenters. The van der Waals surface area contributed by atoms with E-state index in [2.05, 4.69) is 4.99 Å². The highest BCUT2D eigenvalue weighted by atomic mass is 32.2. The van der Waals surface area contributed by atoms with Crippen molar-refractivity contribution >= 4 is 40.6 Å². The molecule has 1 saturated heterocycles. The van der Waals surface area contributed by atoms with E-state index in [-0.39, 0.29) is 11.5 Å². The van der Waals surface area contributed by atoms with Gasteiger partial charge in [-0.3, -0.25) is 9.69 Å². The number of hydrogen-bond acceptors (Lipinski definition) is 6. The number of amidine groups is 1. The highest BCUT2D eigenvalue weighted by Crippen LogP contribution is 2.35. The first-order chi connectivity index (χ1) is 14.4. The number of likely N-dealkylation sites (N-methyl/N-ethyl adjacent to an activating group) is 1. The predicted molar refractivity (Wildman–Crippen MR) is 118 cm³/mol. The molecule has 0 aliphatic carbocycles. The molecule has 1 aliphatic rings. The van der Waals surface area contributed by atoms with Crippen molar-refractivity contribution in [3.63, 3.8) is 0 Å². The molecule has 1 amide bonds. The minimum Gasteiger partial charge on any atom is -0.494 e. The molecule has 2 aromatic carbocycles. The number of aliphatic imine (C=N–C) groups is 1.